The van der Waals surface area contributed by atoms with Crippen LogP contribution in [-0.2, 0) is 15.0 Å². The predicted octanol–water partition coefficient (Wildman–Crippen LogP) is 2.64. The lowest BCUT2D eigenvalue weighted by Crippen LogP contribution is -2.41. The minimum absolute atomic E-state index is 0.0265. The lowest BCUT2D eigenvalue weighted by molar-refractivity contribution is -0.130. The van der Waals surface area contributed by atoms with E-state index >= 15 is 0 Å². The molecule has 0 bridgehead atoms. The molecule has 148 valence electrons. The number of nitrogens with zero attached hydrogens (tertiary/aromatic N) is 1. The van der Waals surface area contributed by atoms with Crippen molar-refractivity contribution in [3.63, 3.8) is 0 Å². The minimum Gasteiger partial charge on any atom is -0.486 e. The molecule has 2 aliphatic rings. The highest BCUT2D eigenvalue weighted by Crippen LogP contribution is 2.35. The summed E-state index contributed by atoms with van der Waals surface area (Å²) in [6, 6.07) is 5.68. The Morgan fingerprint density at radius 1 is 1.15 bits per heavy atom. The van der Waals surface area contributed by atoms with Crippen LogP contribution < -0.4 is 14.8 Å². The van der Waals surface area contributed by atoms with Crippen molar-refractivity contribution in [1.29, 1.82) is 0 Å². The number of carbonyl (C=O) groups is 2. The molecule has 0 aromatic heterocycles. The van der Waals surface area contributed by atoms with Crippen LogP contribution in [0.2, 0.25) is 0 Å². The summed E-state index contributed by atoms with van der Waals surface area (Å²) < 4.78 is 11.2. The maximum Gasteiger partial charge on any atom is 0.230 e. The number of likely N-dealkylation sites (tertiary alicyclic amines) is 1. The Hall–Kier alpha value is -2.24. The Balaban J connectivity index is 1.51. The number of benzene rings is 1. The summed E-state index contributed by atoms with van der Waals surface area (Å²) in [7, 11) is 0. The third kappa shape index (κ3) is 4.73. The average molecular weight is 374 g/mol. The molecular weight excluding hydrogens is 344 g/mol. The zero-order valence-corrected chi connectivity index (χ0v) is 16.4. The van der Waals surface area contributed by atoms with Crippen molar-refractivity contribution in [2.45, 2.75) is 51.4 Å². The molecule has 2 heterocycles. The van der Waals surface area contributed by atoms with Gasteiger partial charge in [-0.3, -0.25) is 9.59 Å². The topological polar surface area (TPSA) is 67.9 Å². The molecule has 1 N–H and O–H groups in total. The molecule has 0 spiro atoms. The third-order valence-electron chi connectivity index (χ3n) is 5.39. The first-order chi connectivity index (χ1) is 13.0. The van der Waals surface area contributed by atoms with Crippen LogP contribution in [0.3, 0.4) is 0 Å². The molecule has 0 aliphatic carbocycles. The van der Waals surface area contributed by atoms with E-state index in [0.29, 0.717) is 38.5 Å². The first-order valence-electron chi connectivity index (χ1n) is 9.95. The molecule has 0 saturated carbocycles. The molecule has 1 fully saturated rings. The van der Waals surface area contributed by atoms with Gasteiger partial charge < -0.3 is 19.7 Å². The van der Waals surface area contributed by atoms with E-state index in [2.05, 4.69) is 5.32 Å². The van der Waals surface area contributed by atoms with Crippen LogP contribution in [0.15, 0.2) is 18.2 Å². The van der Waals surface area contributed by atoms with Crippen LogP contribution in [0, 0.1) is 0 Å². The van der Waals surface area contributed by atoms with E-state index in [1.807, 2.05) is 36.9 Å². The highest BCUT2D eigenvalue weighted by Gasteiger charge is 2.31. The van der Waals surface area contributed by atoms with Gasteiger partial charge in [0.05, 0.1) is 5.41 Å². The second kappa shape index (κ2) is 8.63. The van der Waals surface area contributed by atoms with Crippen LogP contribution in [0.4, 0.5) is 0 Å². The summed E-state index contributed by atoms with van der Waals surface area (Å²) in [5, 5.41) is 3.02. The number of amides is 2. The summed E-state index contributed by atoms with van der Waals surface area (Å²) >= 11 is 0. The Morgan fingerprint density at radius 3 is 2.74 bits per heavy atom. The van der Waals surface area contributed by atoms with Crippen LogP contribution in [0.5, 0.6) is 11.5 Å². The Morgan fingerprint density at radius 2 is 1.93 bits per heavy atom. The highest BCUT2D eigenvalue weighted by molar-refractivity contribution is 5.87. The standard InChI is InChI=1S/C21H30N2O4/c1-21(2,16-8-9-17-18(15-16)27-14-13-26-17)20(25)22-10-6-12-23-11-5-3-4-7-19(23)24/h8-9,15H,3-7,10-14H2,1-2H3,(H,22,25). The Kier molecular flexibility index (Phi) is 6.24. The molecule has 2 amide bonds. The summed E-state index contributed by atoms with van der Waals surface area (Å²) in [4.78, 5) is 26.7. The van der Waals surface area contributed by atoms with Crippen molar-refractivity contribution in [1.82, 2.24) is 10.2 Å². The van der Waals surface area contributed by atoms with E-state index < -0.39 is 5.41 Å². The van der Waals surface area contributed by atoms with E-state index in [1.54, 1.807) is 0 Å². The lowest BCUT2D eigenvalue weighted by Gasteiger charge is -2.27. The monoisotopic (exact) mass is 374 g/mol. The maximum atomic E-state index is 12.7. The summed E-state index contributed by atoms with van der Waals surface area (Å²) in [5.74, 6) is 1.64. The van der Waals surface area contributed by atoms with Crippen LogP contribution in [0.25, 0.3) is 0 Å². The van der Waals surface area contributed by atoms with Gasteiger partial charge in [-0.2, -0.15) is 0 Å². The van der Waals surface area contributed by atoms with Gasteiger partial charge in [-0.15, -0.1) is 0 Å². The normalized spacial score (nSPS) is 17.4. The molecule has 3 rings (SSSR count). The average Bonchev–Trinajstić information content (AvgIpc) is 2.88. The van der Waals surface area contributed by atoms with Gasteiger partial charge in [-0.1, -0.05) is 12.5 Å². The molecular formula is C21H30N2O4. The number of ether oxygens (including phenoxy) is 2. The Bertz CT molecular complexity index is 687. The van der Waals surface area contributed by atoms with Crippen LogP contribution in [0.1, 0.15) is 51.5 Å². The molecule has 1 saturated heterocycles. The predicted molar refractivity (Wildman–Crippen MR) is 103 cm³/mol. The van der Waals surface area contributed by atoms with Gasteiger partial charge in [0, 0.05) is 26.1 Å². The van der Waals surface area contributed by atoms with E-state index in [9.17, 15) is 9.59 Å². The number of nitrogens with one attached hydrogen (secondary N) is 1. The zero-order chi connectivity index (χ0) is 19.3. The van der Waals surface area contributed by atoms with Gasteiger partial charge in [-0.05, 0) is 50.8 Å². The summed E-state index contributed by atoms with van der Waals surface area (Å²) in [6.07, 6.45) is 4.63. The number of carbonyl (C=O) groups excluding carboxylic acids is 2. The van der Waals surface area contributed by atoms with Gasteiger partial charge in [0.2, 0.25) is 11.8 Å². The van der Waals surface area contributed by atoms with Crippen molar-refractivity contribution in [2.24, 2.45) is 0 Å². The quantitative estimate of drug-likeness (QED) is 0.778. The molecule has 0 radical (unpaired) electrons. The van der Waals surface area contributed by atoms with Crippen molar-refractivity contribution in [2.75, 3.05) is 32.8 Å². The summed E-state index contributed by atoms with van der Waals surface area (Å²) in [5.41, 5.74) is 0.223. The molecule has 6 heteroatoms. The van der Waals surface area contributed by atoms with E-state index in [1.165, 1.54) is 0 Å². The number of rotatable bonds is 6. The molecule has 1 aromatic carbocycles. The van der Waals surface area contributed by atoms with Crippen molar-refractivity contribution < 1.29 is 19.1 Å². The molecule has 27 heavy (non-hydrogen) atoms. The van der Waals surface area contributed by atoms with Crippen molar-refractivity contribution in [3.8, 4) is 11.5 Å². The molecule has 6 nitrogen and oxygen atoms in total. The first-order valence-corrected chi connectivity index (χ1v) is 9.95. The maximum absolute atomic E-state index is 12.7. The van der Waals surface area contributed by atoms with Crippen LogP contribution >= 0.6 is 0 Å². The molecule has 0 unspecified atom stereocenters. The largest absolute Gasteiger partial charge is 0.486 e. The fourth-order valence-corrected chi connectivity index (χ4v) is 3.53. The molecule has 0 atom stereocenters. The number of fused-ring (bicyclic) bond motifs is 1. The van der Waals surface area contributed by atoms with Crippen molar-refractivity contribution >= 4 is 11.8 Å². The van der Waals surface area contributed by atoms with E-state index in [-0.39, 0.29) is 11.8 Å². The van der Waals surface area contributed by atoms with Crippen molar-refractivity contribution in [3.05, 3.63) is 23.8 Å². The fourth-order valence-electron chi connectivity index (χ4n) is 3.53. The second-order valence-corrected chi connectivity index (χ2v) is 7.78. The van der Waals surface area contributed by atoms with Gasteiger partial charge in [-0.25, -0.2) is 0 Å². The van der Waals surface area contributed by atoms with E-state index in [4.69, 9.17) is 9.47 Å². The van der Waals surface area contributed by atoms with Gasteiger partial charge >= 0.3 is 0 Å². The smallest absolute Gasteiger partial charge is 0.230 e. The van der Waals surface area contributed by atoms with Gasteiger partial charge in [0.15, 0.2) is 11.5 Å². The molecule has 2 aliphatic heterocycles. The SMILES string of the molecule is CC(C)(C(=O)NCCCN1CCCCCC1=O)c1ccc2c(c1)OCCO2. The third-order valence-corrected chi connectivity index (χ3v) is 5.39. The minimum atomic E-state index is -0.672. The highest BCUT2D eigenvalue weighted by atomic mass is 16.6. The van der Waals surface area contributed by atoms with Crippen LogP contribution in [-0.4, -0.2) is 49.6 Å². The zero-order valence-electron chi connectivity index (χ0n) is 16.4. The van der Waals surface area contributed by atoms with E-state index in [0.717, 1.165) is 43.5 Å². The molecule has 1 aromatic rings. The fraction of sp³-hybridized carbons (Fsp3) is 0.619. The summed E-state index contributed by atoms with van der Waals surface area (Å²) in [6.45, 7) is 7.02. The van der Waals surface area contributed by atoms with Gasteiger partial charge in [0.25, 0.3) is 0 Å². The lowest BCUT2D eigenvalue weighted by atomic mass is 9.83. The Labute approximate surface area is 161 Å². The van der Waals surface area contributed by atoms with Gasteiger partial charge in [0.1, 0.15) is 13.2 Å². The first kappa shape index (κ1) is 19.5. The number of hydrogen-bond donors (Lipinski definition) is 1. The second-order valence-electron chi connectivity index (χ2n) is 7.78. The number of hydrogen-bond acceptors (Lipinski definition) is 4.